The minimum atomic E-state index is -0.169. The van der Waals surface area contributed by atoms with Gasteiger partial charge in [0.25, 0.3) is 0 Å². The van der Waals surface area contributed by atoms with Crippen molar-refractivity contribution in [1.82, 2.24) is 5.32 Å². The molecule has 1 aliphatic heterocycles. The summed E-state index contributed by atoms with van der Waals surface area (Å²) in [5, 5.41) is 3.45. The molecule has 0 unspecified atom stereocenters. The summed E-state index contributed by atoms with van der Waals surface area (Å²) in [6.45, 7) is 3.53. The first-order chi connectivity index (χ1) is 10.3. The summed E-state index contributed by atoms with van der Waals surface area (Å²) in [5.41, 5.74) is 1.80. The second kappa shape index (κ2) is 7.34. The molecule has 1 aromatic rings. The largest absolute Gasteiger partial charge is 0.381 e. The Kier molecular flexibility index (Phi) is 5.22. The average molecular weight is 293 g/mol. The van der Waals surface area contributed by atoms with Crippen LogP contribution >= 0.6 is 0 Å². The molecule has 0 radical (unpaired) electrons. The molecular weight excluding hydrogens is 269 g/mol. The Morgan fingerprint density at radius 3 is 2.76 bits per heavy atom. The maximum absolute atomic E-state index is 13.8. The SMILES string of the molecule is Fc1ccc(CNC2CC2)cc1COCC1CCOCC1. The van der Waals surface area contributed by atoms with Crippen molar-refractivity contribution in [1.29, 1.82) is 0 Å². The van der Waals surface area contributed by atoms with E-state index >= 15 is 0 Å². The Hall–Kier alpha value is -0.970. The predicted octanol–water partition coefficient (Wildman–Crippen LogP) is 3.02. The van der Waals surface area contributed by atoms with E-state index < -0.39 is 0 Å². The standard InChI is InChI=1S/C17H24FNO2/c18-17-4-1-14(10-19-16-2-3-16)9-15(17)12-21-11-13-5-7-20-8-6-13/h1,4,9,13,16,19H,2-3,5-8,10-12H2. The summed E-state index contributed by atoms with van der Waals surface area (Å²) in [4.78, 5) is 0. The third-order valence-electron chi connectivity index (χ3n) is 4.23. The van der Waals surface area contributed by atoms with E-state index in [1.54, 1.807) is 6.07 Å². The molecule has 3 rings (SSSR count). The minimum Gasteiger partial charge on any atom is -0.381 e. The quantitative estimate of drug-likeness (QED) is 0.838. The van der Waals surface area contributed by atoms with Crippen molar-refractivity contribution in [2.24, 2.45) is 5.92 Å². The van der Waals surface area contributed by atoms with Gasteiger partial charge >= 0.3 is 0 Å². The lowest BCUT2D eigenvalue weighted by Crippen LogP contribution is -2.20. The highest BCUT2D eigenvalue weighted by atomic mass is 19.1. The second-order valence-electron chi connectivity index (χ2n) is 6.15. The summed E-state index contributed by atoms with van der Waals surface area (Å²) in [6.07, 6.45) is 4.63. The van der Waals surface area contributed by atoms with Crippen molar-refractivity contribution in [3.05, 3.63) is 35.1 Å². The van der Waals surface area contributed by atoms with Gasteiger partial charge in [0, 0.05) is 31.4 Å². The molecule has 0 spiro atoms. The second-order valence-corrected chi connectivity index (χ2v) is 6.15. The maximum Gasteiger partial charge on any atom is 0.128 e. The highest BCUT2D eigenvalue weighted by Crippen LogP contribution is 2.20. The first-order valence-corrected chi connectivity index (χ1v) is 7.97. The first-order valence-electron chi connectivity index (χ1n) is 7.97. The normalized spacial score (nSPS) is 19.9. The van der Waals surface area contributed by atoms with Crippen LogP contribution in [0.1, 0.15) is 36.8 Å². The Labute approximate surface area is 125 Å². The Balaban J connectivity index is 1.47. The van der Waals surface area contributed by atoms with E-state index in [0.717, 1.165) is 38.2 Å². The molecule has 0 aromatic heterocycles. The summed E-state index contributed by atoms with van der Waals surface area (Å²) in [7, 11) is 0. The predicted molar refractivity (Wildman–Crippen MR) is 79.5 cm³/mol. The molecule has 2 fully saturated rings. The topological polar surface area (TPSA) is 30.5 Å². The van der Waals surface area contributed by atoms with E-state index in [4.69, 9.17) is 9.47 Å². The monoisotopic (exact) mass is 293 g/mol. The van der Waals surface area contributed by atoms with Gasteiger partial charge in [0.2, 0.25) is 0 Å². The lowest BCUT2D eigenvalue weighted by Gasteiger charge is -2.21. The average Bonchev–Trinajstić information content (AvgIpc) is 3.33. The van der Waals surface area contributed by atoms with Gasteiger partial charge in [-0.2, -0.15) is 0 Å². The molecular formula is C17H24FNO2. The van der Waals surface area contributed by atoms with Gasteiger partial charge < -0.3 is 14.8 Å². The van der Waals surface area contributed by atoms with Crippen LogP contribution in [-0.2, 0) is 22.6 Å². The number of halogens is 1. The summed E-state index contributed by atoms with van der Waals surface area (Å²) < 4.78 is 24.9. The molecule has 1 heterocycles. The van der Waals surface area contributed by atoms with Crippen molar-refractivity contribution in [3.8, 4) is 0 Å². The fourth-order valence-electron chi connectivity index (χ4n) is 2.65. The molecule has 1 saturated carbocycles. The van der Waals surface area contributed by atoms with Crippen molar-refractivity contribution in [2.75, 3.05) is 19.8 Å². The zero-order chi connectivity index (χ0) is 14.5. The van der Waals surface area contributed by atoms with Gasteiger partial charge in [-0.3, -0.25) is 0 Å². The van der Waals surface area contributed by atoms with Crippen LogP contribution in [-0.4, -0.2) is 25.9 Å². The van der Waals surface area contributed by atoms with Crippen LogP contribution in [0.4, 0.5) is 4.39 Å². The van der Waals surface area contributed by atoms with Gasteiger partial charge in [0.1, 0.15) is 5.82 Å². The molecule has 2 aliphatic rings. The Morgan fingerprint density at radius 1 is 1.19 bits per heavy atom. The molecule has 1 N–H and O–H groups in total. The lowest BCUT2D eigenvalue weighted by atomic mass is 10.0. The highest BCUT2D eigenvalue weighted by Gasteiger charge is 2.20. The van der Waals surface area contributed by atoms with E-state index in [-0.39, 0.29) is 5.82 Å². The zero-order valence-electron chi connectivity index (χ0n) is 12.4. The van der Waals surface area contributed by atoms with Gasteiger partial charge in [-0.05, 0) is 49.3 Å². The van der Waals surface area contributed by atoms with E-state index in [0.29, 0.717) is 30.7 Å². The molecule has 3 nitrogen and oxygen atoms in total. The lowest BCUT2D eigenvalue weighted by molar-refractivity contribution is 0.0151. The van der Waals surface area contributed by atoms with Crippen molar-refractivity contribution < 1.29 is 13.9 Å². The van der Waals surface area contributed by atoms with Crippen LogP contribution < -0.4 is 5.32 Å². The minimum absolute atomic E-state index is 0.169. The van der Waals surface area contributed by atoms with Crippen LogP contribution in [0.25, 0.3) is 0 Å². The van der Waals surface area contributed by atoms with Gasteiger partial charge in [-0.25, -0.2) is 4.39 Å². The van der Waals surface area contributed by atoms with Crippen LogP contribution in [0.15, 0.2) is 18.2 Å². The molecule has 0 bridgehead atoms. The van der Waals surface area contributed by atoms with Crippen LogP contribution in [0.2, 0.25) is 0 Å². The molecule has 116 valence electrons. The number of benzene rings is 1. The number of hydrogen-bond acceptors (Lipinski definition) is 3. The smallest absolute Gasteiger partial charge is 0.128 e. The molecule has 21 heavy (non-hydrogen) atoms. The van der Waals surface area contributed by atoms with Crippen LogP contribution in [0.5, 0.6) is 0 Å². The highest BCUT2D eigenvalue weighted by molar-refractivity contribution is 5.24. The molecule has 1 aliphatic carbocycles. The molecule has 1 saturated heterocycles. The van der Waals surface area contributed by atoms with E-state index in [1.807, 2.05) is 12.1 Å². The van der Waals surface area contributed by atoms with Crippen molar-refractivity contribution >= 4 is 0 Å². The number of hydrogen-bond donors (Lipinski definition) is 1. The van der Waals surface area contributed by atoms with E-state index in [1.165, 1.54) is 12.8 Å². The van der Waals surface area contributed by atoms with Gasteiger partial charge in [-0.15, -0.1) is 0 Å². The zero-order valence-corrected chi connectivity index (χ0v) is 12.4. The van der Waals surface area contributed by atoms with E-state index in [9.17, 15) is 4.39 Å². The molecule has 0 amide bonds. The van der Waals surface area contributed by atoms with Crippen LogP contribution in [0.3, 0.4) is 0 Å². The summed E-state index contributed by atoms with van der Waals surface area (Å²) in [6, 6.07) is 6.00. The van der Waals surface area contributed by atoms with Crippen molar-refractivity contribution in [3.63, 3.8) is 0 Å². The van der Waals surface area contributed by atoms with Crippen LogP contribution in [0, 0.1) is 11.7 Å². The Morgan fingerprint density at radius 2 is 2.00 bits per heavy atom. The fraction of sp³-hybridized carbons (Fsp3) is 0.647. The maximum atomic E-state index is 13.8. The van der Waals surface area contributed by atoms with Gasteiger partial charge in [-0.1, -0.05) is 6.07 Å². The van der Waals surface area contributed by atoms with Crippen molar-refractivity contribution in [2.45, 2.75) is 44.9 Å². The molecule has 0 atom stereocenters. The van der Waals surface area contributed by atoms with Gasteiger partial charge in [0.15, 0.2) is 0 Å². The summed E-state index contributed by atoms with van der Waals surface area (Å²) >= 11 is 0. The fourth-order valence-corrected chi connectivity index (χ4v) is 2.65. The number of ether oxygens (including phenoxy) is 2. The molecule has 4 heteroatoms. The van der Waals surface area contributed by atoms with E-state index in [2.05, 4.69) is 5.32 Å². The third-order valence-corrected chi connectivity index (χ3v) is 4.23. The number of rotatable bonds is 7. The van der Waals surface area contributed by atoms with Gasteiger partial charge in [0.05, 0.1) is 13.2 Å². The Bertz CT molecular complexity index is 456. The number of nitrogens with one attached hydrogen (secondary N) is 1. The summed E-state index contributed by atoms with van der Waals surface area (Å²) in [5.74, 6) is 0.388. The molecule has 1 aromatic carbocycles. The third kappa shape index (κ3) is 4.77. The first kappa shape index (κ1) is 14.9.